The van der Waals surface area contributed by atoms with Gasteiger partial charge < -0.3 is 4.74 Å². The molecule has 0 aliphatic rings. The monoisotopic (exact) mass is 268 g/mol. The molecule has 0 aromatic heterocycles. The minimum absolute atomic E-state index is 0. The summed E-state index contributed by atoms with van der Waals surface area (Å²) in [6, 6.07) is 4.87. The summed E-state index contributed by atoms with van der Waals surface area (Å²) in [4.78, 5) is 21.2. The van der Waals surface area contributed by atoms with Gasteiger partial charge in [-0.2, -0.15) is 8.42 Å². The Morgan fingerprint density at radius 1 is 1.24 bits per heavy atom. The van der Waals surface area contributed by atoms with Gasteiger partial charge in [-0.1, -0.05) is 12.1 Å². The van der Waals surface area contributed by atoms with Crippen LogP contribution in [0.4, 0.5) is 0 Å². The molecule has 0 aliphatic carbocycles. The number of carbonyl (C=O) groups excluding carboxylic acids is 2. The van der Waals surface area contributed by atoms with E-state index >= 15 is 0 Å². The molecule has 0 atom stereocenters. The van der Waals surface area contributed by atoms with Gasteiger partial charge in [0.1, 0.15) is 4.90 Å². The molecule has 0 unspecified atom stereocenters. The first kappa shape index (κ1) is 16.3. The van der Waals surface area contributed by atoms with Crippen LogP contribution in [0.5, 0.6) is 0 Å². The molecule has 0 radical (unpaired) electrons. The van der Waals surface area contributed by atoms with Crippen LogP contribution in [-0.2, 0) is 19.6 Å². The first-order chi connectivity index (χ1) is 7.32. The molecule has 0 aliphatic heterocycles. The van der Waals surface area contributed by atoms with E-state index in [4.69, 9.17) is 4.55 Å². The summed E-state index contributed by atoms with van der Waals surface area (Å²) in [5.74, 6) is -1.99. The fourth-order valence-electron chi connectivity index (χ4n) is 1.05. The normalized spacial score (nSPS) is 10.2. The van der Waals surface area contributed by atoms with Crippen LogP contribution in [0.15, 0.2) is 29.2 Å². The van der Waals surface area contributed by atoms with E-state index in [0.29, 0.717) is 0 Å². The number of ether oxygens (including phenoxy) is 1. The number of esters is 2. The van der Waals surface area contributed by atoms with Gasteiger partial charge in [-0.05, 0) is 12.1 Å². The number of rotatable bonds is 2. The number of benzene rings is 1. The van der Waals surface area contributed by atoms with E-state index in [-0.39, 0.29) is 35.1 Å². The van der Waals surface area contributed by atoms with E-state index in [1.807, 2.05) is 0 Å². The van der Waals surface area contributed by atoms with Crippen LogP contribution in [-0.4, -0.2) is 54.5 Å². The molecule has 0 saturated heterocycles. The molecule has 1 aromatic carbocycles. The third-order valence-electron chi connectivity index (χ3n) is 1.62. The van der Waals surface area contributed by atoms with Crippen LogP contribution in [0.1, 0.15) is 17.3 Å². The fourth-order valence-corrected chi connectivity index (χ4v) is 1.73. The second-order valence-electron chi connectivity index (χ2n) is 2.85. The van der Waals surface area contributed by atoms with E-state index in [9.17, 15) is 18.0 Å². The van der Waals surface area contributed by atoms with Gasteiger partial charge in [0.2, 0.25) is 0 Å². The first-order valence-electron chi connectivity index (χ1n) is 4.11. The minimum atomic E-state index is -4.53. The molecule has 1 aromatic rings. The van der Waals surface area contributed by atoms with Gasteiger partial charge in [-0.3, -0.25) is 9.35 Å². The van der Waals surface area contributed by atoms with Crippen molar-refractivity contribution in [3.05, 3.63) is 29.8 Å². The topological polar surface area (TPSA) is 97.7 Å². The average molecular weight is 268 g/mol. The summed E-state index contributed by atoms with van der Waals surface area (Å²) < 4.78 is 34.9. The second-order valence-corrected chi connectivity index (χ2v) is 4.24. The predicted octanol–water partition coefficient (Wildman–Crippen LogP) is -0.0119. The van der Waals surface area contributed by atoms with Crippen molar-refractivity contribution in [2.45, 2.75) is 11.8 Å². The molecule has 0 heterocycles. The van der Waals surface area contributed by atoms with Crippen LogP contribution in [0.2, 0.25) is 0 Å². The van der Waals surface area contributed by atoms with E-state index < -0.39 is 27.0 Å². The first-order valence-corrected chi connectivity index (χ1v) is 5.55. The Morgan fingerprint density at radius 2 is 1.76 bits per heavy atom. The van der Waals surface area contributed by atoms with Crippen molar-refractivity contribution < 1.29 is 27.3 Å². The van der Waals surface area contributed by atoms with Gasteiger partial charge in [-0.15, -0.1) is 0 Å². The van der Waals surface area contributed by atoms with Crippen molar-refractivity contribution in [1.82, 2.24) is 0 Å². The molecule has 17 heavy (non-hydrogen) atoms. The Hall–Kier alpha value is -0.730. The molecule has 0 spiro atoms. The number of hydrogen-bond acceptors (Lipinski definition) is 5. The van der Waals surface area contributed by atoms with Crippen molar-refractivity contribution in [1.29, 1.82) is 0 Å². The van der Waals surface area contributed by atoms with Gasteiger partial charge in [0.25, 0.3) is 10.1 Å². The predicted molar refractivity (Wildman–Crippen MR) is 59.5 cm³/mol. The molecule has 88 valence electrons. The fraction of sp³-hybridized carbons (Fsp3) is 0.111. The van der Waals surface area contributed by atoms with Gasteiger partial charge in [0.15, 0.2) is 0 Å². The van der Waals surface area contributed by atoms with E-state index in [2.05, 4.69) is 4.74 Å². The summed E-state index contributed by atoms with van der Waals surface area (Å²) >= 11 is 0. The van der Waals surface area contributed by atoms with E-state index in [1.165, 1.54) is 12.1 Å². The third kappa shape index (κ3) is 4.57. The molecule has 0 bridgehead atoms. The Bertz CT molecular complexity index is 536. The van der Waals surface area contributed by atoms with E-state index in [0.717, 1.165) is 19.1 Å². The summed E-state index contributed by atoms with van der Waals surface area (Å²) in [6.07, 6.45) is 0. The number of carbonyl (C=O) groups is 2. The van der Waals surface area contributed by atoms with Crippen molar-refractivity contribution in [3.63, 3.8) is 0 Å². The molecular formula is C9H9NaO6S. The molecule has 1 rings (SSSR count). The Kier molecular flexibility index (Phi) is 6.00. The van der Waals surface area contributed by atoms with Crippen LogP contribution >= 0.6 is 0 Å². The summed E-state index contributed by atoms with van der Waals surface area (Å²) in [6.45, 7) is 1.01. The number of hydrogen-bond donors (Lipinski definition) is 1. The third-order valence-corrected chi connectivity index (χ3v) is 2.53. The van der Waals surface area contributed by atoms with Crippen LogP contribution in [0.25, 0.3) is 0 Å². The molecule has 0 fully saturated rings. The van der Waals surface area contributed by atoms with E-state index in [1.54, 1.807) is 0 Å². The zero-order valence-electron chi connectivity index (χ0n) is 8.21. The SMILES string of the molecule is CC(=O)OC(=O)c1ccccc1S(=O)(=O)O.[NaH]. The standard InChI is InChI=1S/C9H8O6S.Na.H/c1-6(10)15-9(11)7-4-2-3-5-8(7)16(12,13)14;;/h2-5H,1H3,(H,12,13,14);;. The Labute approximate surface area is 120 Å². The maximum absolute atomic E-state index is 11.3. The molecule has 8 heteroatoms. The zero-order valence-corrected chi connectivity index (χ0v) is 9.02. The van der Waals surface area contributed by atoms with Crippen LogP contribution < -0.4 is 0 Å². The summed E-state index contributed by atoms with van der Waals surface area (Å²) in [7, 11) is -4.53. The Balaban J connectivity index is 0.00000256. The van der Waals surface area contributed by atoms with Gasteiger partial charge in [-0.25, -0.2) is 4.79 Å². The molecule has 0 amide bonds. The summed E-state index contributed by atoms with van der Waals surface area (Å²) in [5, 5.41) is 0. The quantitative estimate of drug-likeness (QED) is 0.350. The van der Waals surface area contributed by atoms with Crippen LogP contribution in [0.3, 0.4) is 0 Å². The molecule has 1 N–H and O–H groups in total. The van der Waals surface area contributed by atoms with Crippen molar-refractivity contribution in [2.75, 3.05) is 0 Å². The van der Waals surface area contributed by atoms with Gasteiger partial charge in [0.05, 0.1) is 5.56 Å². The van der Waals surface area contributed by atoms with Crippen LogP contribution in [0, 0.1) is 0 Å². The zero-order chi connectivity index (χ0) is 12.3. The van der Waals surface area contributed by atoms with Gasteiger partial charge >= 0.3 is 41.5 Å². The maximum atomic E-state index is 11.3. The molecular weight excluding hydrogens is 259 g/mol. The van der Waals surface area contributed by atoms with Crippen molar-refractivity contribution >= 4 is 51.6 Å². The molecule has 6 nitrogen and oxygen atoms in total. The second kappa shape index (κ2) is 6.27. The van der Waals surface area contributed by atoms with Crippen molar-refractivity contribution in [3.8, 4) is 0 Å². The average Bonchev–Trinajstić information content (AvgIpc) is 2.15. The molecule has 0 saturated carbocycles. The summed E-state index contributed by atoms with van der Waals surface area (Å²) in [5.41, 5.74) is -0.389. The Morgan fingerprint density at radius 3 is 2.24 bits per heavy atom. The van der Waals surface area contributed by atoms with Gasteiger partial charge in [0, 0.05) is 6.92 Å². The van der Waals surface area contributed by atoms with Crippen molar-refractivity contribution in [2.24, 2.45) is 0 Å².